The van der Waals surface area contributed by atoms with Gasteiger partial charge in [-0.1, -0.05) is 27.5 Å². The smallest absolute Gasteiger partial charge is 0.243 e. The van der Waals surface area contributed by atoms with Crippen LogP contribution in [-0.4, -0.2) is 46.4 Å². The van der Waals surface area contributed by atoms with E-state index in [0.717, 1.165) is 8.78 Å². The Hall–Kier alpha value is -1.81. The van der Waals surface area contributed by atoms with Crippen molar-refractivity contribution in [2.45, 2.75) is 4.90 Å². The second-order valence-corrected chi connectivity index (χ2v) is 8.82. The number of carbonyl (C=O) groups is 1. The maximum Gasteiger partial charge on any atom is 0.243 e. The van der Waals surface area contributed by atoms with Crippen molar-refractivity contribution >= 4 is 49.1 Å². The minimum atomic E-state index is -3.80. The first-order valence-electron chi connectivity index (χ1n) is 7.62. The van der Waals surface area contributed by atoms with Crippen LogP contribution in [0.15, 0.2) is 45.8 Å². The number of likely N-dealkylation sites (N-methyl/N-ethyl adjacent to an activating group) is 1. The first-order chi connectivity index (χ1) is 12.7. The first kappa shape index (κ1) is 21.5. The fourth-order valence-corrected chi connectivity index (χ4v) is 3.85. The Balaban J connectivity index is 2.15. The lowest BCUT2D eigenvalue weighted by molar-refractivity contribution is -0.116. The fraction of sp³-hybridized carbons (Fsp3) is 0.235. The number of anilines is 1. The number of carbonyl (C=O) groups excluding carboxylic acids is 1. The van der Waals surface area contributed by atoms with Crippen LogP contribution in [0.3, 0.4) is 0 Å². The Morgan fingerprint density at radius 3 is 2.30 bits per heavy atom. The van der Waals surface area contributed by atoms with Crippen molar-refractivity contribution in [1.82, 2.24) is 4.31 Å². The number of nitrogens with one attached hydrogen (secondary N) is 1. The zero-order valence-electron chi connectivity index (χ0n) is 14.8. The molecule has 0 saturated carbocycles. The number of halogens is 2. The highest BCUT2D eigenvalue weighted by Crippen LogP contribution is 2.35. The molecule has 0 heterocycles. The van der Waals surface area contributed by atoms with Crippen molar-refractivity contribution in [1.29, 1.82) is 0 Å². The summed E-state index contributed by atoms with van der Waals surface area (Å²) < 4.78 is 37.1. The second-order valence-electron chi connectivity index (χ2n) is 5.45. The van der Waals surface area contributed by atoms with Crippen LogP contribution in [0.2, 0.25) is 5.02 Å². The van der Waals surface area contributed by atoms with E-state index in [-0.39, 0.29) is 16.5 Å². The molecule has 0 unspecified atom stereocenters. The van der Waals surface area contributed by atoms with Gasteiger partial charge in [0.1, 0.15) is 11.5 Å². The van der Waals surface area contributed by atoms with E-state index < -0.39 is 15.9 Å². The van der Waals surface area contributed by atoms with Crippen LogP contribution in [0.1, 0.15) is 0 Å². The SMILES string of the molecule is COc1cc(OC)c(NC(=O)CN(C)S(=O)(=O)c2ccc(Br)cc2)cc1Cl. The molecule has 0 aromatic heterocycles. The van der Waals surface area contributed by atoms with E-state index in [1.54, 1.807) is 12.1 Å². The summed E-state index contributed by atoms with van der Waals surface area (Å²) in [6.07, 6.45) is 0. The van der Waals surface area contributed by atoms with Gasteiger partial charge < -0.3 is 14.8 Å². The van der Waals surface area contributed by atoms with Crippen molar-refractivity contribution in [2.24, 2.45) is 0 Å². The van der Waals surface area contributed by atoms with Crippen molar-refractivity contribution in [2.75, 3.05) is 33.1 Å². The third kappa shape index (κ3) is 5.13. The van der Waals surface area contributed by atoms with Gasteiger partial charge in [0.2, 0.25) is 15.9 Å². The van der Waals surface area contributed by atoms with E-state index in [9.17, 15) is 13.2 Å². The summed E-state index contributed by atoms with van der Waals surface area (Å²) in [6.45, 7) is -0.384. The topological polar surface area (TPSA) is 84.9 Å². The van der Waals surface area contributed by atoms with Crippen molar-refractivity contribution < 1.29 is 22.7 Å². The van der Waals surface area contributed by atoms with E-state index in [4.69, 9.17) is 21.1 Å². The minimum absolute atomic E-state index is 0.0890. The normalized spacial score (nSPS) is 11.3. The van der Waals surface area contributed by atoms with Crippen LogP contribution in [0.25, 0.3) is 0 Å². The zero-order chi connectivity index (χ0) is 20.2. The van der Waals surface area contributed by atoms with Gasteiger partial charge in [-0.2, -0.15) is 4.31 Å². The standard InChI is InChI=1S/C17H18BrClN2O5S/c1-21(27(23,24)12-6-4-11(18)5-7-12)10-17(22)20-14-8-13(19)15(25-2)9-16(14)26-3/h4-9H,10H2,1-3H3,(H,20,22). The summed E-state index contributed by atoms with van der Waals surface area (Å²) >= 11 is 9.32. The monoisotopic (exact) mass is 476 g/mol. The predicted molar refractivity (Wildman–Crippen MR) is 107 cm³/mol. The lowest BCUT2D eigenvalue weighted by Gasteiger charge is -2.18. The molecular formula is C17H18BrClN2O5S. The number of nitrogens with zero attached hydrogens (tertiary/aromatic N) is 1. The molecule has 2 aromatic carbocycles. The predicted octanol–water partition coefficient (Wildman–Crippen LogP) is 3.38. The lowest BCUT2D eigenvalue weighted by atomic mass is 10.2. The van der Waals surface area contributed by atoms with Gasteiger partial charge in [-0.3, -0.25) is 4.79 Å². The molecule has 2 aromatic rings. The molecule has 0 fully saturated rings. The van der Waals surface area contributed by atoms with Gasteiger partial charge in [-0.25, -0.2) is 8.42 Å². The van der Waals surface area contributed by atoms with Crippen molar-refractivity contribution in [3.8, 4) is 11.5 Å². The fourth-order valence-electron chi connectivity index (χ4n) is 2.22. The van der Waals surface area contributed by atoms with Crippen LogP contribution >= 0.6 is 27.5 Å². The van der Waals surface area contributed by atoms with Crippen LogP contribution in [0, 0.1) is 0 Å². The van der Waals surface area contributed by atoms with Gasteiger partial charge in [-0.05, 0) is 30.3 Å². The van der Waals surface area contributed by atoms with Gasteiger partial charge >= 0.3 is 0 Å². The van der Waals surface area contributed by atoms with Gasteiger partial charge in [0.15, 0.2) is 0 Å². The lowest BCUT2D eigenvalue weighted by Crippen LogP contribution is -2.35. The summed E-state index contributed by atoms with van der Waals surface area (Å²) in [5.41, 5.74) is 0.308. The maximum absolute atomic E-state index is 12.6. The number of methoxy groups -OCH3 is 2. The molecule has 0 bridgehead atoms. The van der Waals surface area contributed by atoms with Crippen LogP contribution in [-0.2, 0) is 14.8 Å². The Morgan fingerprint density at radius 1 is 1.15 bits per heavy atom. The highest BCUT2D eigenvalue weighted by Gasteiger charge is 2.23. The molecule has 10 heteroatoms. The molecule has 7 nitrogen and oxygen atoms in total. The molecular weight excluding hydrogens is 460 g/mol. The highest BCUT2D eigenvalue weighted by atomic mass is 79.9. The number of hydrogen-bond donors (Lipinski definition) is 1. The number of amides is 1. The Labute approximate surface area is 171 Å². The average Bonchev–Trinajstić information content (AvgIpc) is 2.62. The Bertz CT molecular complexity index is 935. The number of rotatable bonds is 7. The van der Waals surface area contributed by atoms with Crippen LogP contribution < -0.4 is 14.8 Å². The number of ether oxygens (including phenoxy) is 2. The molecule has 27 heavy (non-hydrogen) atoms. The first-order valence-corrected chi connectivity index (χ1v) is 10.2. The maximum atomic E-state index is 12.6. The molecule has 0 aliphatic carbocycles. The Kier molecular flexibility index (Phi) is 7.10. The number of hydrogen-bond acceptors (Lipinski definition) is 5. The number of benzene rings is 2. The Morgan fingerprint density at radius 2 is 1.74 bits per heavy atom. The molecule has 0 spiro atoms. The molecule has 0 atom stereocenters. The molecule has 0 radical (unpaired) electrons. The summed E-state index contributed by atoms with van der Waals surface area (Å²) in [5, 5.41) is 2.88. The second kappa shape index (κ2) is 8.92. The third-order valence-electron chi connectivity index (χ3n) is 3.64. The van der Waals surface area contributed by atoms with Gasteiger partial charge in [-0.15, -0.1) is 0 Å². The largest absolute Gasteiger partial charge is 0.495 e. The average molecular weight is 478 g/mol. The van der Waals surface area contributed by atoms with E-state index in [1.165, 1.54) is 45.5 Å². The van der Waals surface area contributed by atoms with Crippen molar-refractivity contribution in [3.63, 3.8) is 0 Å². The molecule has 2 rings (SSSR count). The summed E-state index contributed by atoms with van der Waals surface area (Å²) in [4.78, 5) is 12.4. The quantitative estimate of drug-likeness (QED) is 0.661. The minimum Gasteiger partial charge on any atom is -0.495 e. The summed E-state index contributed by atoms with van der Waals surface area (Å²) in [7, 11) is 0.417. The van der Waals surface area contributed by atoms with E-state index in [1.807, 2.05) is 0 Å². The van der Waals surface area contributed by atoms with E-state index >= 15 is 0 Å². The van der Waals surface area contributed by atoms with E-state index in [2.05, 4.69) is 21.2 Å². The molecule has 0 aliphatic heterocycles. The molecule has 0 aliphatic rings. The van der Waals surface area contributed by atoms with Crippen molar-refractivity contribution in [3.05, 3.63) is 45.9 Å². The number of sulfonamides is 1. The zero-order valence-corrected chi connectivity index (χ0v) is 18.0. The molecule has 1 N–H and O–H groups in total. The van der Waals surface area contributed by atoms with Crippen LogP contribution in [0.4, 0.5) is 5.69 Å². The van der Waals surface area contributed by atoms with Crippen LogP contribution in [0.5, 0.6) is 11.5 Å². The molecule has 146 valence electrons. The summed E-state index contributed by atoms with van der Waals surface area (Å²) in [6, 6.07) is 9.15. The molecule has 1 amide bonds. The summed E-state index contributed by atoms with van der Waals surface area (Å²) in [5.74, 6) is 0.183. The van der Waals surface area contributed by atoms with Gasteiger partial charge in [0.05, 0.1) is 36.4 Å². The highest BCUT2D eigenvalue weighted by molar-refractivity contribution is 9.10. The molecule has 0 saturated heterocycles. The van der Waals surface area contributed by atoms with Gasteiger partial charge in [0, 0.05) is 17.6 Å². The third-order valence-corrected chi connectivity index (χ3v) is 6.28. The van der Waals surface area contributed by atoms with Gasteiger partial charge in [0.25, 0.3) is 0 Å². The van der Waals surface area contributed by atoms with E-state index in [0.29, 0.717) is 17.2 Å².